The summed E-state index contributed by atoms with van der Waals surface area (Å²) in [5.74, 6) is 0. The molecule has 0 amide bonds. The molecule has 0 aromatic rings. The number of hydrogen-bond donors (Lipinski definition) is 20. The molecule has 0 unspecified atom stereocenters. The van der Waals surface area contributed by atoms with Gasteiger partial charge in [-0.25, -0.2) is 0 Å². The fourth-order valence-electron chi connectivity index (χ4n) is 0. The van der Waals surface area contributed by atoms with Crippen LogP contribution in [0, 0.1) is 0 Å². The Balaban J connectivity index is -0.0000000364. The molecular formula is H22Na2O20Si5. The van der Waals surface area contributed by atoms with Crippen LogP contribution < -0.4 is 0 Å². The van der Waals surface area contributed by atoms with Crippen LogP contribution in [0.3, 0.4) is 0 Å². The van der Waals surface area contributed by atoms with E-state index in [0.29, 0.717) is 0 Å². The first-order valence-corrected chi connectivity index (χ1v) is 13.4. The SMILES string of the molecule is O[Si](O)(O)O.O[Si](O)(O)O.O[Si](O)(O)O.O[Si](O)(O)O.O[Si](O)(O)O.[NaH].[NaH]. The Labute approximate surface area is 198 Å². The average Bonchev–Trinajstić information content (AvgIpc) is 1.79. The zero-order valence-electron chi connectivity index (χ0n) is 11.4. The van der Waals surface area contributed by atoms with Gasteiger partial charge in [-0.3, -0.25) is 0 Å². The van der Waals surface area contributed by atoms with Gasteiger partial charge in [-0.15, -0.1) is 0 Å². The van der Waals surface area contributed by atoms with Crippen molar-refractivity contribution in [1.29, 1.82) is 0 Å². The van der Waals surface area contributed by atoms with Crippen molar-refractivity contribution in [2.45, 2.75) is 0 Å². The minimum atomic E-state index is -4.61. The number of rotatable bonds is 0. The van der Waals surface area contributed by atoms with Gasteiger partial charge in [0.05, 0.1) is 0 Å². The molecule has 0 aliphatic carbocycles. The maximum atomic E-state index is 7.33. The Hall–Kier alpha value is 2.28. The molecule has 20 N–H and O–H groups in total. The molecule has 0 aromatic carbocycles. The van der Waals surface area contributed by atoms with Gasteiger partial charge in [0.15, 0.2) is 0 Å². The third-order valence-electron chi connectivity index (χ3n) is 0. The second-order valence-corrected chi connectivity index (χ2v) is 9.00. The molecule has 0 rings (SSSR count). The fraction of sp³-hybridized carbons (Fsp3) is 0. The van der Waals surface area contributed by atoms with E-state index in [4.69, 9.17) is 95.9 Å². The first kappa shape index (κ1) is 47.2. The molecule has 0 bridgehead atoms. The van der Waals surface area contributed by atoms with Crippen molar-refractivity contribution in [2.75, 3.05) is 0 Å². The van der Waals surface area contributed by atoms with Crippen molar-refractivity contribution in [2.24, 2.45) is 0 Å². The van der Waals surface area contributed by atoms with Crippen LogP contribution in [-0.2, 0) is 0 Å². The van der Waals surface area contributed by atoms with Gasteiger partial charge < -0.3 is 95.9 Å². The summed E-state index contributed by atoms with van der Waals surface area (Å²) >= 11 is 0. The summed E-state index contributed by atoms with van der Waals surface area (Å²) in [4.78, 5) is 147. The van der Waals surface area contributed by atoms with E-state index in [1.54, 1.807) is 0 Å². The molecule has 0 heterocycles. The van der Waals surface area contributed by atoms with E-state index in [1.807, 2.05) is 0 Å². The van der Waals surface area contributed by atoms with E-state index in [9.17, 15) is 0 Å². The quantitative estimate of drug-likeness (QED) is 0.130. The molecular weight excluding hydrogens is 506 g/mol. The van der Waals surface area contributed by atoms with Gasteiger partial charge >= 0.3 is 104 Å². The zero-order chi connectivity index (χ0) is 22.5. The van der Waals surface area contributed by atoms with Gasteiger partial charge in [0.2, 0.25) is 0 Å². The normalized spacial score (nSPS) is 11.1. The van der Waals surface area contributed by atoms with Crippen molar-refractivity contribution < 1.29 is 95.9 Å². The molecule has 0 saturated heterocycles. The van der Waals surface area contributed by atoms with E-state index in [0.717, 1.165) is 0 Å². The molecule has 0 aliphatic rings. The van der Waals surface area contributed by atoms with E-state index >= 15 is 0 Å². The molecule has 0 radical (unpaired) electrons. The van der Waals surface area contributed by atoms with Crippen LogP contribution in [-0.4, -0.2) is 200 Å². The van der Waals surface area contributed by atoms with Crippen LogP contribution in [0.2, 0.25) is 0 Å². The van der Waals surface area contributed by atoms with Crippen molar-refractivity contribution in [3.05, 3.63) is 0 Å². The van der Waals surface area contributed by atoms with Crippen molar-refractivity contribution in [3.8, 4) is 0 Å². The van der Waals surface area contributed by atoms with Gasteiger partial charge in [0.25, 0.3) is 0 Å². The predicted octanol–water partition coefficient (Wildman–Crippen LogP) is -14.3. The van der Waals surface area contributed by atoms with Gasteiger partial charge in [0.1, 0.15) is 0 Å². The number of hydrogen-bond acceptors (Lipinski definition) is 20. The summed E-state index contributed by atoms with van der Waals surface area (Å²) in [5, 5.41) is 0. The van der Waals surface area contributed by atoms with Gasteiger partial charge in [-0.2, -0.15) is 0 Å². The second kappa shape index (κ2) is 20.2. The Morgan fingerprint density at radius 1 is 0.185 bits per heavy atom. The monoisotopic (exact) mass is 528 g/mol. The fourth-order valence-corrected chi connectivity index (χ4v) is 0. The van der Waals surface area contributed by atoms with Gasteiger partial charge in [-0.1, -0.05) is 0 Å². The Morgan fingerprint density at radius 2 is 0.185 bits per heavy atom. The van der Waals surface area contributed by atoms with Gasteiger partial charge in [-0.05, 0) is 0 Å². The van der Waals surface area contributed by atoms with Crippen LogP contribution >= 0.6 is 0 Å². The van der Waals surface area contributed by atoms with Crippen LogP contribution in [0.25, 0.3) is 0 Å². The molecule has 27 heteroatoms. The molecule has 0 spiro atoms. The Bertz CT molecular complexity index is 176. The Kier molecular flexibility index (Phi) is 35.3. The van der Waals surface area contributed by atoms with Crippen molar-refractivity contribution >= 4 is 104 Å². The molecule has 0 aliphatic heterocycles. The van der Waals surface area contributed by atoms with Crippen LogP contribution in [0.4, 0.5) is 0 Å². The van der Waals surface area contributed by atoms with Gasteiger partial charge in [0, 0.05) is 0 Å². The minimum absolute atomic E-state index is 0. The molecule has 164 valence electrons. The van der Waals surface area contributed by atoms with Crippen molar-refractivity contribution in [3.63, 3.8) is 0 Å². The van der Waals surface area contributed by atoms with Crippen molar-refractivity contribution in [1.82, 2.24) is 0 Å². The molecule has 0 atom stereocenters. The predicted molar refractivity (Wildman–Crippen MR) is 87.4 cm³/mol. The average molecular weight is 529 g/mol. The molecule has 27 heavy (non-hydrogen) atoms. The standard InChI is InChI=1S/2Na.5H4O4Si.2H/c;;5*1-5(2,3)4;;/h;;5*1-4H;;. The molecule has 0 aromatic heterocycles. The summed E-state index contributed by atoms with van der Waals surface area (Å²) in [6, 6.07) is 0. The third-order valence-corrected chi connectivity index (χ3v) is 0. The van der Waals surface area contributed by atoms with Crippen LogP contribution in [0.15, 0.2) is 0 Å². The first-order chi connectivity index (χ1) is 10.0. The third kappa shape index (κ3) is 3740. The zero-order valence-corrected chi connectivity index (χ0v) is 16.4. The summed E-state index contributed by atoms with van der Waals surface area (Å²) in [6.07, 6.45) is 0. The van der Waals surface area contributed by atoms with E-state index in [2.05, 4.69) is 0 Å². The van der Waals surface area contributed by atoms with E-state index in [-0.39, 0.29) is 59.1 Å². The molecule has 0 saturated carbocycles. The van der Waals surface area contributed by atoms with Crippen LogP contribution in [0.5, 0.6) is 0 Å². The summed E-state index contributed by atoms with van der Waals surface area (Å²) in [6.45, 7) is 0. The summed E-state index contributed by atoms with van der Waals surface area (Å²) < 4.78 is 0. The van der Waals surface area contributed by atoms with E-state index in [1.165, 1.54) is 0 Å². The molecule has 20 nitrogen and oxygen atoms in total. The summed E-state index contributed by atoms with van der Waals surface area (Å²) in [7, 11) is -23.1. The van der Waals surface area contributed by atoms with Crippen LogP contribution in [0.1, 0.15) is 0 Å². The first-order valence-electron chi connectivity index (χ1n) is 4.47. The Morgan fingerprint density at radius 3 is 0.185 bits per heavy atom. The molecule has 0 fully saturated rings. The summed E-state index contributed by atoms with van der Waals surface area (Å²) in [5.41, 5.74) is 0. The topological polar surface area (TPSA) is 405 Å². The van der Waals surface area contributed by atoms with E-state index < -0.39 is 45.2 Å². The maximum absolute atomic E-state index is 7.33. The second-order valence-electron chi connectivity index (χ2n) is 3.00.